The Morgan fingerprint density at radius 2 is 2.04 bits per heavy atom. The van der Waals surface area contributed by atoms with Crippen LogP contribution in [0.3, 0.4) is 0 Å². The van der Waals surface area contributed by atoms with Crippen molar-refractivity contribution < 1.29 is 4.79 Å². The number of hydrogen-bond acceptors (Lipinski definition) is 5. The van der Waals surface area contributed by atoms with Crippen LogP contribution in [0.1, 0.15) is 9.80 Å². The van der Waals surface area contributed by atoms with Gasteiger partial charge in [0.25, 0.3) is 5.91 Å². The normalized spacial score (nSPS) is 11.2. The number of primary amides is 1. The molecule has 0 fully saturated rings. The van der Waals surface area contributed by atoms with Gasteiger partial charge in [0.1, 0.15) is 0 Å². The zero-order valence-corrected chi connectivity index (χ0v) is 13.0. The summed E-state index contributed by atoms with van der Waals surface area (Å²) in [6, 6.07) is 3.99. The average molecular weight is 324 g/mol. The number of aryl methyl sites for hydroxylation is 1. The molecule has 114 valence electrons. The molecule has 0 radical (unpaired) electrons. The molecule has 0 saturated heterocycles. The fraction of sp³-hybridized carbons (Fsp3) is 0.0667. The lowest BCUT2D eigenvalue weighted by Gasteiger charge is -2.00. The van der Waals surface area contributed by atoms with Crippen LogP contribution in [-0.2, 0) is 7.05 Å². The summed E-state index contributed by atoms with van der Waals surface area (Å²) >= 11 is 1.23. The van der Waals surface area contributed by atoms with Crippen LogP contribution in [0.4, 0.5) is 0 Å². The van der Waals surface area contributed by atoms with Crippen molar-refractivity contribution >= 4 is 22.8 Å². The van der Waals surface area contributed by atoms with E-state index in [1.54, 1.807) is 15.4 Å². The Kier molecular flexibility index (Phi) is 2.98. The van der Waals surface area contributed by atoms with E-state index in [1.807, 2.05) is 43.2 Å². The van der Waals surface area contributed by atoms with Gasteiger partial charge in [-0.25, -0.2) is 9.50 Å². The maximum Gasteiger partial charge on any atom is 0.277 e. The highest BCUT2D eigenvalue weighted by atomic mass is 32.1. The SMILES string of the molecule is Cn1cc(-c2ccc3c(-c4csc(C(N)=O)n4)cnn3c2)cn1. The van der Waals surface area contributed by atoms with Crippen molar-refractivity contribution in [3.63, 3.8) is 0 Å². The standard InChI is InChI=1S/C15H12N6OS/c1-20-6-10(4-17-20)9-2-3-13-11(5-18-21(13)7-9)12-8-23-15(19-12)14(16)22/h2-8H,1H3,(H2,16,22). The van der Waals surface area contributed by atoms with Gasteiger partial charge in [-0.1, -0.05) is 6.07 Å². The number of thiazole rings is 1. The average Bonchev–Trinajstić information content (AvgIpc) is 3.24. The van der Waals surface area contributed by atoms with E-state index in [2.05, 4.69) is 15.2 Å². The zero-order valence-electron chi connectivity index (χ0n) is 12.2. The Morgan fingerprint density at radius 3 is 2.74 bits per heavy atom. The largest absolute Gasteiger partial charge is 0.364 e. The molecular weight excluding hydrogens is 312 g/mol. The molecule has 0 saturated carbocycles. The van der Waals surface area contributed by atoms with E-state index >= 15 is 0 Å². The topological polar surface area (TPSA) is 91.1 Å². The Bertz CT molecular complexity index is 1030. The molecule has 8 heteroatoms. The lowest BCUT2D eigenvalue weighted by Crippen LogP contribution is -2.10. The number of amides is 1. The van der Waals surface area contributed by atoms with E-state index in [0.717, 1.165) is 22.2 Å². The molecule has 23 heavy (non-hydrogen) atoms. The van der Waals surface area contributed by atoms with Crippen LogP contribution in [0, 0.1) is 0 Å². The number of carbonyl (C=O) groups is 1. The Morgan fingerprint density at radius 1 is 1.17 bits per heavy atom. The second-order valence-electron chi connectivity index (χ2n) is 5.11. The minimum atomic E-state index is -0.517. The Balaban J connectivity index is 1.79. The van der Waals surface area contributed by atoms with Crippen LogP contribution in [0.5, 0.6) is 0 Å². The van der Waals surface area contributed by atoms with E-state index < -0.39 is 5.91 Å². The minimum Gasteiger partial charge on any atom is -0.364 e. The summed E-state index contributed by atoms with van der Waals surface area (Å²) in [5.74, 6) is -0.517. The number of aromatic nitrogens is 5. The summed E-state index contributed by atoms with van der Waals surface area (Å²) in [6.45, 7) is 0. The van der Waals surface area contributed by atoms with Crippen molar-refractivity contribution in [1.29, 1.82) is 0 Å². The molecule has 0 aromatic carbocycles. The first-order chi connectivity index (χ1) is 11.1. The number of rotatable bonds is 3. The monoisotopic (exact) mass is 324 g/mol. The molecule has 0 atom stereocenters. The summed E-state index contributed by atoms with van der Waals surface area (Å²) in [5, 5.41) is 10.7. The van der Waals surface area contributed by atoms with Crippen molar-refractivity contribution in [3.05, 3.63) is 47.3 Å². The molecule has 0 aliphatic carbocycles. The molecule has 7 nitrogen and oxygen atoms in total. The second-order valence-corrected chi connectivity index (χ2v) is 5.97. The van der Waals surface area contributed by atoms with Crippen molar-refractivity contribution in [3.8, 4) is 22.4 Å². The van der Waals surface area contributed by atoms with E-state index in [1.165, 1.54) is 11.3 Å². The molecule has 0 aliphatic heterocycles. The van der Waals surface area contributed by atoms with Gasteiger partial charge in [-0.15, -0.1) is 11.3 Å². The van der Waals surface area contributed by atoms with Crippen molar-refractivity contribution in [2.75, 3.05) is 0 Å². The molecule has 2 N–H and O–H groups in total. The molecule has 0 unspecified atom stereocenters. The molecule has 0 spiro atoms. The first-order valence-electron chi connectivity index (χ1n) is 6.84. The second kappa shape index (κ2) is 5.03. The van der Waals surface area contributed by atoms with Gasteiger partial charge in [-0.2, -0.15) is 10.2 Å². The highest BCUT2D eigenvalue weighted by Crippen LogP contribution is 2.28. The lowest BCUT2D eigenvalue weighted by molar-refractivity contribution is 0.1000. The van der Waals surface area contributed by atoms with Crippen LogP contribution in [-0.4, -0.2) is 30.3 Å². The molecule has 0 aliphatic rings. The third-order valence-corrected chi connectivity index (χ3v) is 4.40. The predicted octanol–water partition coefficient (Wildman–Crippen LogP) is 1.96. The van der Waals surface area contributed by atoms with Crippen LogP contribution < -0.4 is 5.73 Å². The fourth-order valence-electron chi connectivity index (χ4n) is 2.43. The van der Waals surface area contributed by atoms with Crippen LogP contribution in [0.25, 0.3) is 27.9 Å². The highest BCUT2D eigenvalue weighted by Gasteiger charge is 2.13. The quantitative estimate of drug-likeness (QED) is 0.623. The molecule has 4 rings (SSSR count). The first-order valence-corrected chi connectivity index (χ1v) is 7.72. The molecule has 4 aromatic rings. The summed E-state index contributed by atoms with van der Waals surface area (Å²) in [4.78, 5) is 15.5. The lowest BCUT2D eigenvalue weighted by atomic mass is 10.1. The molecular formula is C15H12N6OS. The Hall–Kier alpha value is -3.00. The van der Waals surface area contributed by atoms with Gasteiger partial charge in [-0.05, 0) is 6.07 Å². The van der Waals surface area contributed by atoms with Crippen LogP contribution in [0.2, 0.25) is 0 Å². The van der Waals surface area contributed by atoms with Crippen molar-refractivity contribution in [2.24, 2.45) is 12.8 Å². The fourth-order valence-corrected chi connectivity index (χ4v) is 3.10. The van der Waals surface area contributed by atoms with Gasteiger partial charge in [0.15, 0.2) is 5.01 Å². The molecule has 1 amide bonds. The van der Waals surface area contributed by atoms with Gasteiger partial charge in [0, 0.05) is 41.5 Å². The van der Waals surface area contributed by atoms with Gasteiger partial charge in [0.2, 0.25) is 0 Å². The van der Waals surface area contributed by atoms with E-state index in [9.17, 15) is 4.79 Å². The van der Waals surface area contributed by atoms with E-state index in [-0.39, 0.29) is 0 Å². The summed E-state index contributed by atoms with van der Waals surface area (Å²) < 4.78 is 3.55. The predicted molar refractivity (Wildman–Crippen MR) is 87.0 cm³/mol. The van der Waals surface area contributed by atoms with E-state index in [4.69, 9.17) is 5.73 Å². The van der Waals surface area contributed by atoms with Gasteiger partial charge >= 0.3 is 0 Å². The smallest absolute Gasteiger partial charge is 0.277 e. The minimum absolute atomic E-state index is 0.298. The maximum absolute atomic E-state index is 11.2. The number of carbonyl (C=O) groups excluding carboxylic acids is 1. The highest BCUT2D eigenvalue weighted by molar-refractivity contribution is 7.12. The van der Waals surface area contributed by atoms with Gasteiger partial charge in [-0.3, -0.25) is 9.48 Å². The summed E-state index contributed by atoms with van der Waals surface area (Å²) in [5.41, 5.74) is 9.79. The first kappa shape index (κ1) is 13.6. The number of nitrogens with zero attached hydrogens (tertiary/aromatic N) is 5. The molecule has 4 heterocycles. The van der Waals surface area contributed by atoms with E-state index in [0.29, 0.717) is 10.7 Å². The maximum atomic E-state index is 11.2. The molecule has 0 bridgehead atoms. The van der Waals surface area contributed by atoms with Gasteiger partial charge in [0.05, 0.1) is 23.6 Å². The van der Waals surface area contributed by atoms with Crippen molar-refractivity contribution in [1.82, 2.24) is 24.4 Å². The number of pyridine rings is 1. The summed E-state index contributed by atoms with van der Waals surface area (Å²) in [7, 11) is 1.88. The third kappa shape index (κ3) is 2.29. The zero-order chi connectivity index (χ0) is 16.0. The summed E-state index contributed by atoms with van der Waals surface area (Å²) in [6.07, 6.45) is 7.44. The van der Waals surface area contributed by atoms with Crippen LogP contribution in [0.15, 0.2) is 42.3 Å². The number of hydrogen-bond donors (Lipinski definition) is 1. The van der Waals surface area contributed by atoms with Gasteiger partial charge < -0.3 is 5.73 Å². The Labute approximate surface area is 135 Å². The van der Waals surface area contributed by atoms with Crippen molar-refractivity contribution in [2.45, 2.75) is 0 Å². The van der Waals surface area contributed by atoms with Crippen LogP contribution >= 0.6 is 11.3 Å². The number of fused-ring (bicyclic) bond motifs is 1. The number of nitrogens with two attached hydrogens (primary N) is 1. The molecule has 4 aromatic heterocycles. The third-order valence-electron chi connectivity index (χ3n) is 3.55.